The highest BCUT2D eigenvalue weighted by Crippen LogP contribution is 2.23. The van der Waals surface area contributed by atoms with Gasteiger partial charge in [0.05, 0.1) is 5.52 Å². The van der Waals surface area contributed by atoms with Gasteiger partial charge in [-0.1, -0.05) is 29.8 Å². The molecule has 0 fully saturated rings. The van der Waals surface area contributed by atoms with Crippen LogP contribution in [0, 0.1) is 13.8 Å². The van der Waals surface area contributed by atoms with Crippen molar-refractivity contribution in [3.05, 3.63) is 64.6 Å². The fourth-order valence-electron chi connectivity index (χ4n) is 4.21. The molecule has 156 valence electrons. The summed E-state index contributed by atoms with van der Waals surface area (Å²) < 4.78 is 7.47. The molecule has 3 aromatic rings. The normalized spacial score (nSPS) is 14.0. The molecular weight excluding hydrogens is 378 g/mol. The Morgan fingerprint density at radius 2 is 2.03 bits per heavy atom. The van der Waals surface area contributed by atoms with Crippen LogP contribution in [0.15, 0.2) is 42.0 Å². The highest BCUT2D eigenvalue weighted by molar-refractivity contribution is 6.04. The number of aromatic amines is 1. The number of Topliss-reactive ketones (excluding diaryl/α,β-unsaturated/α-hetero) is 1. The lowest BCUT2D eigenvalue weighted by Crippen LogP contribution is -2.15. The van der Waals surface area contributed by atoms with Gasteiger partial charge in [0.15, 0.2) is 12.3 Å². The molecule has 6 nitrogen and oxygen atoms in total. The quantitative estimate of drug-likeness (QED) is 0.344. The smallest absolute Gasteiger partial charge is 0.359 e. The first-order valence-electron chi connectivity index (χ1n) is 10.5. The van der Waals surface area contributed by atoms with E-state index < -0.39 is 5.97 Å². The number of nitrogens with one attached hydrogen (secondary N) is 1. The van der Waals surface area contributed by atoms with Crippen molar-refractivity contribution in [2.45, 2.75) is 52.5 Å². The molecular formula is C24H27N3O3. The van der Waals surface area contributed by atoms with E-state index in [4.69, 9.17) is 4.74 Å². The number of allylic oxidation sites excluding steroid dienone is 2. The molecule has 4 rings (SSSR count). The van der Waals surface area contributed by atoms with Crippen molar-refractivity contribution in [3.63, 3.8) is 0 Å². The van der Waals surface area contributed by atoms with E-state index in [0.29, 0.717) is 10.9 Å². The molecule has 0 amide bonds. The average molecular weight is 405 g/mol. The summed E-state index contributed by atoms with van der Waals surface area (Å²) in [5, 5.41) is 7.52. The average Bonchev–Trinajstić information content (AvgIpc) is 3.32. The van der Waals surface area contributed by atoms with Gasteiger partial charge in [-0.3, -0.25) is 9.89 Å². The van der Waals surface area contributed by atoms with Gasteiger partial charge in [-0.25, -0.2) is 4.79 Å². The van der Waals surface area contributed by atoms with Gasteiger partial charge in [0.1, 0.15) is 0 Å². The number of rotatable bonds is 7. The standard InChI is InChI=1S/C24H27N3O3/c1-16-14-20(17(2)27(16)13-12-18-8-4-3-5-9-18)22(28)15-30-24(29)23-19-10-6-7-11-21(19)25-26-23/h6-8,10-11,14H,3-5,9,12-13,15H2,1-2H3,(H,25,26). The maximum absolute atomic E-state index is 12.7. The van der Waals surface area contributed by atoms with Crippen LogP contribution in [0.5, 0.6) is 0 Å². The highest BCUT2D eigenvalue weighted by Gasteiger charge is 2.20. The molecule has 0 radical (unpaired) electrons. The lowest BCUT2D eigenvalue weighted by atomic mass is 9.97. The summed E-state index contributed by atoms with van der Waals surface area (Å²) in [6.45, 7) is 4.55. The summed E-state index contributed by atoms with van der Waals surface area (Å²) in [4.78, 5) is 25.2. The summed E-state index contributed by atoms with van der Waals surface area (Å²) >= 11 is 0. The first kappa shape index (κ1) is 20.1. The molecule has 1 N–H and O–H groups in total. The van der Waals surface area contributed by atoms with E-state index in [1.54, 1.807) is 6.07 Å². The number of benzene rings is 1. The monoisotopic (exact) mass is 405 g/mol. The third-order valence-electron chi connectivity index (χ3n) is 5.91. The first-order chi connectivity index (χ1) is 14.5. The van der Waals surface area contributed by atoms with Crippen LogP contribution >= 0.6 is 0 Å². The number of hydrogen-bond donors (Lipinski definition) is 1. The van der Waals surface area contributed by atoms with Crippen LogP contribution in [-0.4, -0.2) is 33.1 Å². The van der Waals surface area contributed by atoms with Crippen molar-refractivity contribution in [1.82, 2.24) is 14.8 Å². The molecule has 30 heavy (non-hydrogen) atoms. The molecule has 0 atom stereocenters. The fraction of sp³-hybridized carbons (Fsp3) is 0.375. The predicted octanol–water partition coefficient (Wildman–Crippen LogP) is 4.91. The minimum absolute atomic E-state index is 0.195. The topological polar surface area (TPSA) is 77.0 Å². The zero-order valence-corrected chi connectivity index (χ0v) is 17.5. The maximum Gasteiger partial charge on any atom is 0.359 e. The molecule has 0 spiro atoms. The van der Waals surface area contributed by atoms with Crippen LogP contribution in [0.2, 0.25) is 0 Å². The summed E-state index contributed by atoms with van der Waals surface area (Å²) in [7, 11) is 0. The molecule has 1 aromatic carbocycles. The summed E-state index contributed by atoms with van der Waals surface area (Å²) in [6.07, 6.45) is 8.31. The Hall–Kier alpha value is -3.15. The predicted molar refractivity (Wildman–Crippen MR) is 116 cm³/mol. The zero-order chi connectivity index (χ0) is 21.1. The molecule has 0 unspecified atom stereocenters. The van der Waals surface area contributed by atoms with Crippen molar-refractivity contribution in [2.75, 3.05) is 6.61 Å². The Morgan fingerprint density at radius 1 is 1.20 bits per heavy atom. The Kier molecular flexibility index (Phi) is 5.84. The number of nitrogens with zero attached hydrogens (tertiary/aromatic N) is 2. The second-order valence-electron chi connectivity index (χ2n) is 7.91. The zero-order valence-electron chi connectivity index (χ0n) is 17.5. The number of para-hydroxylation sites is 1. The van der Waals surface area contributed by atoms with Crippen molar-refractivity contribution in [2.24, 2.45) is 0 Å². The Bertz CT molecular complexity index is 1120. The third kappa shape index (κ3) is 4.08. The number of ether oxygens (including phenoxy) is 1. The van der Waals surface area contributed by atoms with Gasteiger partial charge in [0.2, 0.25) is 5.78 Å². The number of esters is 1. The second kappa shape index (κ2) is 8.69. The molecule has 0 saturated carbocycles. The van der Waals surface area contributed by atoms with E-state index in [1.165, 1.54) is 31.3 Å². The van der Waals surface area contributed by atoms with Gasteiger partial charge >= 0.3 is 5.97 Å². The second-order valence-corrected chi connectivity index (χ2v) is 7.91. The molecule has 2 heterocycles. The first-order valence-corrected chi connectivity index (χ1v) is 10.5. The number of carbonyl (C=O) groups is 2. The van der Waals surface area contributed by atoms with Gasteiger partial charge in [0.25, 0.3) is 0 Å². The van der Waals surface area contributed by atoms with E-state index in [2.05, 4.69) is 20.8 Å². The lowest BCUT2D eigenvalue weighted by molar-refractivity contribution is 0.0470. The van der Waals surface area contributed by atoms with E-state index in [0.717, 1.165) is 29.9 Å². The molecule has 1 aliphatic rings. The maximum atomic E-state index is 12.7. The van der Waals surface area contributed by atoms with E-state index in [-0.39, 0.29) is 18.1 Å². The number of aryl methyl sites for hydroxylation is 1. The lowest BCUT2D eigenvalue weighted by Gasteiger charge is -2.15. The van der Waals surface area contributed by atoms with Crippen LogP contribution in [0.25, 0.3) is 10.9 Å². The Balaban J connectivity index is 1.41. The van der Waals surface area contributed by atoms with Crippen molar-refractivity contribution >= 4 is 22.7 Å². The number of ketones is 1. The Morgan fingerprint density at radius 3 is 2.83 bits per heavy atom. The number of hydrogen-bond acceptors (Lipinski definition) is 4. The summed E-state index contributed by atoms with van der Waals surface area (Å²) in [5.41, 5.74) is 5.07. The van der Waals surface area contributed by atoms with Crippen molar-refractivity contribution in [3.8, 4) is 0 Å². The molecule has 2 aromatic heterocycles. The number of carbonyl (C=O) groups excluding carboxylic acids is 2. The molecule has 1 aliphatic carbocycles. The van der Waals surface area contributed by atoms with Crippen LogP contribution in [-0.2, 0) is 11.3 Å². The Labute approximate surface area is 175 Å². The molecule has 6 heteroatoms. The van der Waals surface area contributed by atoms with Crippen LogP contribution in [0.4, 0.5) is 0 Å². The summed E-state index contributed by atoms with van der Waals surface area (Å²) in [5.74, 6) is -0.793. The summed E-state index contributed by atoms with van der Waals surface area (Å²) in [6, 6.07) is 9.22. The highest BCUT2D eigenvalue weighted by atomic mass is 16.5. The minimum atomic E-state index is -0.598. The van der Waals surface area contributed by atoms with Crippen LogP contribution in [0.1, 0.15) is 64.3 Å². The molecule has 0 aliphatic heterocycles. The van der Waals surface area contributed by atoms with E-state index in [9.17, 15) is 9.59 Å². The molecule has 0 bridgehead atoms. The van der Waals surface area contributed by atoms with Crippen molar-refractivity contribution < 1.29 is 14.3 Å². The number of aromatic nitrogens is 3. The van der Waals surface area contributed by atoms with Gasteiger partial charge < -0.3 is 9.30 Å². The van der Waals surface area contributed by atoms with Crippen LogP contribution < -0.4 is 0 Å². The molecule has 0 saturated heterocycles. The fourth-order valence-corrected chi connectivity index (χ4v) is 4.21. The SMILES string of the molecule is Cc1cc(C(=O)COC(=O)c2n[nH]c3ccccc23)c(C)n1CCC1=CCCCC1. The van der Waals surface area contributed by atoms with Gasteiger partial charge in [-0.2, -0.15) is 5.10 Å². The van der Waals surface area contributed by atoms with E-state index >= 15 is 0 Å². The number of fused-ring (bicyclic) bond motifs is 1. The van der Waals surface area contributed by atoms with E-state index in [1.807, 2.05) is 38.1 Å². The van der Waals surface area contributed by atoms with Gasteiger partial charge in [0, 0.05) is 28.9 Å². The minimum Gasteiger partial charge on any atom is -0.452 e. The van der Waals surface area contributed by atoms with Gasteiger partial charge in [-0.05, 0) is 58.1 Å². The van der Waals surface area contributed by atoms with Crippen LogP contribution in [0.3, 0.4) is 0 Å². The number of H-pyrrole nitrogens is 1. The van der Waals surface area contributed by atoms with Gasteiger partial charge in [-0.15, -0.1) is 0 Å². The van der Waals surface area contributed by atoms with Crippen molar-refractivity contribution in [1.29, 1.82) is 0 Å². The third-order valence-corrected chi connectivity index (χ3v) is 5.91. The largest absolute Gasteiger partial charge is 0.452 e.